The van der Waals surface area contributed by atoms with E-state index in [0.29, 0.717) is 13.2 Å². The Balaban J connectivity index is 1.45. The van der Waals surface area contributed by atoms with E-state index in [1.54, 1.807) is 0 Å². The summed E-state index contributed by atoms with van der Waals surface area (Å²) in [5, 5.41) is 0.189. The molecule has 2 saturated heterocycles. The minimum absolute atomic E-state index is 0.0139. The maximum atomic E-state index is 6.76. The zero-order chi connectivity index (χ0) is 26.9. The maximum Gasteiger partial charge on any atom is 0.222 e. The molecule has 2 aromatic rings. The van der Waals surface area contributed by atoms with Crippen molar-refractivity contribution in [2.45, 2.75) is 102 Å². The second-order valence-corrected chi connectivity index (χ2v) is 17.5. The Morgan fingerprint density at radius 1 is 0.892 bits per heavy atom. The summed E-state index contributed by atoms with van der Waals surface area (Å²) < 4.78 is 32.6. The van der Waals surface area contributed by atoms with Gasteiger partial charge in [0.2, 0.25) is 5.79 Å². The molecular weight excluding hydrogens is 480 g/mol. The summed E-state index contributed by atoms with van der Waals surface area (Å²) >= 11 is 0. The third-order valence-electron chi connectivity index (χ3n) is 8.17. The lowest BCUT2D eigenvalue weighted by Gasteiger charge is -2.44. The van der Waals surface area contributed by atoms with Crippen LogP contribution in [-0.4, -0.2) is 45.6 Å². The molecule has 6 heteroatoms. The van der Waals surface area contributed by atoms with Crippen molar-refractivity contribution in [1.29, 1.82) is 0 Å². The van der Waals surface area contributed by atoms with Gasteiger partial charge in [0.1, 0.15) is 0 Å². The molecule has 5 nitrogen and oxygen atoms in total. The average molecular weight is 527 g/mol. The second-order valence-electron chi connectivity index (χ2n) is 12.7. The largest absolute Gasteiger partial charge is 0.416 e. The Kier molecular flexibility index (Phi) is 8.39. The molecule has 0 aromatic heterocycles. The van der Waals surface area contributed by atoms with E-state index in [2.05, 4.69) is 65.1 Å². The summed E-state index contributed by atoms with van der Waals surface area (Å²) in [4.78, 5) is 0. The topological polar surface area (TPSA) is 46.2 Å². The molecule has 2 fully saturated rings. The van der Waals surface area contributed by atoms with Crippen LogP contribution < -0.4 is 0 Å². The first-order chi connectivity index (χ1) is 17.3. The van der Waals surface area contributed by atoms with Crippen molar-refractivity contribution in [2.24, 2.45) is 5.92 Å². The normalized spacial score (nSPS) is 26.6. The summed E-state index contributed by atoms with van der Waals surface area (Å²) in [6.07, 6.45) is 1.56. The SMILES string of the molecule is C[C@@H](CO[Si](C)(C)C(C)(C)C)[C@H]1C[C@@H](C[C@H]2COC(c3ccccc3)(c3ccccc3)O2)OC(C)(C)O1. The van der Waals surface area contributed by atoms with Crippen LogP contribution in [0, 0.1) is 5.92 Å². The van der Waals surface area contributed by atoms with Gasteiger partial charge in [0.05, 0.1) is 24.9 Å². The lowest BCUT2D eigenvalue weighted by Crippen LogP contribution is -2.49. The highest BCUT2D eigenvalue weighted by atomic mass is 28.4. The first-order valence-corrected chi connectivity index (χ1v) is 16.6. The van der Waals surface area contributed by atoms with E-state index >= 15 is 0 Å². The standard InChI is InChI=1S/C31H46O5Si/c1-23(21-33-37(7,8)29(2,3)4)28-20-26(34-30(5,6)36-28)19-27-22-32-31(35-27,24-15-11-9-12-16-24)25-17-13-10-14-18-25/h9-18,23,26-28H,19-22H2,1-8H3/t23-,26+,27-,28+/m0/s1. The van der Waals surface area contributed by atoms with Crippen LogP contribution in [0.15, 0.2) is 60.7 Å². The molecule has 0 unspecified atom stereocenters. The Morgan fingerprint density at radius 2 is 1.46 bits per heavy atom. The van der Waals surface area contributed by atoms with Gasteiger partial charge in [0.25, 0.3) is 0 Å². The predicted octanol–water partition coefficient (Wildman–Crippen LogP) is 7.26. The number of hydrogen-bond acceptors (Lipinski definition) is 5. The zero-order valence-corrected chi connectivity index (χ0v) is 25.0. The van der Waals surface area contributed by atoms with Crippen molar-refractivity contribution in [3.05, 3.63) is 71.8 Å². The molecule has 0 spiro atoms. The van der Waals surface area contributed by atoms with E-state index in [-0.39, 0.29) is 29.3 Å². The Hall–Kier alpha value is -1.54. The molecule has 2 aliphatic heterocycles. The quantitative estimate of drug-likeness (QED) is 0.339. The molecule has 0 aliphatic carbocycles. The van der Waals surface area contributed by atoms with Gasteiger partial charge in [-0.05, 0) is 32.0 Å². The van der Waals surface area contributed by atoms with Gasteiger partial charge in [0.15, 0.2) is 14.1 Å². The summed E-state index contributed by atoms with van der Waals surface area (Å²) in [7, 11) is -1.82. The number of ether oxygens (including phenoxy) is 4. The molecule has 2 aliphatic rings. The second kappa shape index (κ2) is 10.9. The number of rotatable bonds is 8. The van der Waals surface area contributed by atoms with Crippen LogP contribution in [0.3, 0.4) is 0 Å². The van der Waals surface area contributed by atoms with Crippen molar-refractivity contribution < 1.29 is 23.4 Å². The van der Waals surface area contributed by atoms with Crippen LogP contribution in [0.1, 0.15) is 65.5 Å². The average Bonchev–Trinajstić information content (AvgIpc) is 3.27. The van der Waals surface area contributed by atoms with Crippen LogP contribution in [0.25, 0.3) is 0 Å². The summed E-state index contributed by atoms with van der Waals surface area (Å²) in [5.74, 6) is -1.29. The molecule has 0 N–H and O–H groups in total. The van der Waals surface area contributed by atoms with E-state index in [0.717, 1.165) is 24.0 Å². The predicted molar refractivity (Wildman–Crippen MR) is 150 cm³/mol. The van der Waals surface area contributed by atoms with E-state index in [4.69, 9.17) is 23.4 Å². The Labute approximate surface area is 224 Å². The highest BCUT2D eigenvalue weighted by molar-refractivity contribution is 6.74. The van der Waals surface area contributed by atoms with Gasteiger partial charge >= 0.3 is 0 Å². The van der Waals surface area contributed by atoms with Crippen molar-refractivity contribution in [3.63, 3.8) is 0 Å². The number of benzene rings is 2. The van der Waals surface area contributed by atoms with Gasteiger partial charge in [-0.2, -0.15) is 0 Å². The van der Waals surface area contributed by atoms with E-state index in [1.807, 2.05) is 50.2 Å². The molecule has 204 valence electrons. The van der Waals surface area contributed by atoms with Gasteiger partial charge in [-0.25, -0.2) is 0 Å². The monoisotopic (exact) mass is 526 g/mol. The zero-order valence-electron chi connectivity index (χ0n) is 24.0. The molecular formula is C31H46O5Si. The van der Waals surface area contributed by atoms with Crippen LogP contribution >= 0.6 is 0 Å². The fourth-order valence-electron chi connectivity index (χ4n) is 5.01. The molecule has 0 saturated carbocycles. The van der Waals surface area contributed by atoms with Gasteiger partial charge in [0, 0.05) is 36.5 Å². The third-order valence-corrected chi connectivity index (χ3v) is 12.7. The first kappa shape index (κ1) is 28.5. The Bertz CT molecular complexity index is 962. The minimum Gasteiger partial charge on any atom is -0.416 e. The maximum absolute atomic E-state index is 6.76. The van der Waals surface area contributed by atoms with Crippen LogP contribution in [0.5, 0.6) is 0 Å². The first-order valence-electron chi connectivity index (χ1n) is 13.7. The van der Waals surface area contributed by atoms with E-state index in [9.17, 15) is 0 Å². The highest BCUT2D eigenvalue weighted by Crippen LogP contribution is 2.43. The summed E-state index contributed by atoms with van der Waals surface area (Å²) in [6.45, 7) is 18.9. The van der Waals surface area contributed by atoms with Crippen molar-refractivity contribution in [2.75, 3.05) is 13.2 Å². The fourth-order valence-corrected chi connectivity index (χ4v) is 6.12. The van der Waals surface area contributed by atoms with Gasteiger partial charge in [-0.15, -0.1) is 0 Å². The molecule has 37 heavy (non-hydrogen) atoms. The van der Waals surface area contributed by atoms with Crippen molar-refractivity contribution in [3.8, 4) is 0 Å². The lowest BCUT2D eigenvalue weighted by atomic mass is 9.95. The lowest BCUT2D eigenvalue weighted by molar-refractivity contribution is -0.311. The van der Waals surface area contributed by atoms with Gasteiger partial charge in [-0.3, -0.25) is 0 Å². The molecule has 0 radical (unpaired) electrons. The summed E-state index contributed by atoms with van der Waals surface area (Å²) in [6, 6.07) is 20.4. The molecule has 4 rings (SSSR count). The molecule has 2 heterocycles. The van der Waals surface area contributed by atoms with Gasteiger partial charge in [-0.1, -0.05) is 88.4 Å². The minimum atomic E-state index is -1.82. The number of hydrogen-bond donors (Lipinski definition) is 0. The molecule has 0 amide bonds. The van der Waals surface area contributed by atoms with E-state index in [1.165, 1.54) is 0 Å². The smallest absolute Gasteiger partial charge is 0.222 e. The third kappa shape index (κ3) is 6.55. The van der Waals surface area contributed by atoms with Crippen LogP contribution in [0.4, 0.5) is 0 Å². The van der Waals surface area contributed by atoms with Crippen molar-refractivity contribution in [1.82, 2.24) is 0 Å². The van der Waals surface area contributed by atoms with Gasteiger partial charge < -0.3 is 23.4 Å². The summed E-state index contributed by atoms with van der Waals surface area (Å²) in [5.41, 5.74) is 2.01. The highest BCUT2D eigenvalue weighted by Gasteiger charge is 2.47. The van der Waals surface area contributed by atoms with E-state index < -0.39 is 19.9 Å². The Morgan fingerprint density at radius 3 is 2.00 bits per heavy atom. The fraction of sp³-hybridized carbons (Fsp3) is 0.613. The molecule has 4 atom stereocenters. The molecule has 0 bridgehead atoms. The van der Waals surface area contributed by atoms with Crippen molar-refractivity contribution >= 4 is 8.32 Å². The molecule has 2 aromatic carbocycles. The van der Waals surface area contributed by atoms with Crippen LogP contribution in [-0.2, 0) is 29.2 Å². The van der Waals surface area contributed by atoms with Crippen LogP contribution in [0.2, 0.25) is 18.1 Å².